The summed E-state index contributed by atoms with van der Waals surface area (Å²) >= 11 is 0. The van der Waals surface area contributed by atoms with E-state index in [9.17, 15) is 9.59 Å². The summed E-state index contributed by atoms with van der Waals surface area (Å²) in [4.78, 5) is 28.8. The first-order chi connectivity index (χ1) is 13.1. The second-order valence-electron chi connectivity index (χ2n) is 7.69. The Morgan fingerprint density at radius 2 is 1.89 bits per heavy atom. The van der Waals surface area contributed by atoms with E-state index in [4.69, 9.17) is 14.4 Å². The number of carboxylic acids is 1. The highest BCUT2D eigenvalue weighted by molar-refractivity contribution is 5.75. The molecule has 8 nitrogen and oxygen atoms in total. The second-order valence-corrected chi connectivity index (χ2v) is 7.69. The zero-order valence-corrected chi connectivity index (χ0v) is 16.8. The summed E-state index contributed by atoms with van der Waals surface area (Å²) in [6.45, 7) is 6.14. The number of amides is 1. The van der Waals surface area contributed by atoms with E-state index in [-0.39, 0.29) is 17.9 Å². The number of hydrogen-bond donors (Lipinski definition) is 1. The molecule has 1 heterocycles. The van der Waals surface area contributed by atoms with Gasteiger partial charge >= 0.3 is 5.97 Å². The molecule has 0 fully saturated rings. The third-order valence-electron chi connectivity index (χ3n) is 4.05. The van der Waals surface area contributed by atoms with Crippen molar-refractivity contribution in [1.82, 2.24) is 15.0 Å². The van der Waals surface area contributed by atoms with Gasteiger partial charge in [0.2, 0.25) is 11.8 Å². The highest BCUT2D eigenvalue weighted by atomic mass is 16.5. The number of hydrogen-bond acceptors (Lipinski definition) is 6. The highest BCUT2D eigenvalue weighted by Crippen LogP contribution is 2.19. The maximum atomic E-state index is 12.3. The Morgan fingerprint density at radius 1 is 1.21 bits per heavy atom. The summed E-state index contributed by atoms with van der Waals surface area (Å²) < 4.78 is 10.3. The molecule has 0 atom stereocenters. The Hall–Kier alpha value is -2.90. The van der Waals surface area contributed by atoms with Crippen molar-refractivity contribution in [1.29, 1.82) is 0 Å². The van der Waals surface area contributed by atoms with Gasteiger partial charge in [0, 0.05) is 31.8 Å². The number of carboxylic acid groups (broad SMARTS) is 1. The number of ether oxygens (including phenoxy) is 1. The lowest BCUT2D eigenvalue weighted by atomic mass is 9.96. The van der Waals surface area contributed by atoms with E-state index in [0.29, 0.717) is 43.3 Å². The number of aliphatic carboxylic acids is 1. The van der Waals surface area contributed by atoms with Crippen LogP contribution >= 0.6 is 0 Å². The molecule has 28 heavy (non-hydrogen) atoms. The first-order valence-electron chi connectivity index (χ1n) is 9.15. The molecule has 0 spiro atoms. The van der Waals surface area contributed by atoms with Gasteiger partial charge in [-0.2, -0.15) is 4.98 Å². The summed E-state index contributed by atoms with van der Waals surface area (Å²) in [7, 11) is 1.75. The minimum atomic E-state index is -1.02. The molecule has 0 aliphatic rings. The minimum absolute atomic E-state index is 0.0294. The van der Waals surface area contributed by atoms with Crippen molar-refractivity contribution in [2.24, 2.45) is 0 Å². The maximum absolute atomic E-state index is 12.3. The van der Waals surface area contributed by atoms with E-state index in [1.165, 1.54) is 0 Å². The molecular formula is C20H27N3O5. The van der Waals surface area contributed by atoms with Crippen LogP contribution in [0.4, 0.5) is 0 Å². The van der Waals surface area contributed by atoms with Gasteiger partial charge in [0.05, 0.1) is 0 Å². The molecule has 152 valence electrons. The van der Waals surface area contributed by atoms with Crippen LogP contribution in [0.3, 0.4) is 0 Å². The van der Waals surface area contributed by atoms with Crippen LogP contribution in [0.25, 0.3) is 0 Å². The second kappa shape index (κ2) is 9.34. The first kappa shape index (κ1) is 21.4. The summed E-state index contributed by atoms with van der Waals surface area (Å²) in [5.41, 5.74) is 0.775. The molecule has 1 N–H and O–H groups in total. The zero-order valence-electron chi connectivity index (χ0n) is 16.8. The van der Waals surface area contributed by atoms with Gasteiger partial charge in [-0.15, -0.1) is 0 Å². The smallest absolute Gasteiger partial charge is 0.341 e. The van der Waals surface area contributed by atoms with Crippen molar-refractivity contribution in [2.45, 2.75) is 52.0 Å². The van der Waals surface area contributed by atoms with Gasteiger partial charge < -0.3 is 19.3 Å². The largest absolute Gasteiger partial charge is 0.482 e. The molecule has 0 unspecified atom stereocenters. The van der Waals surface area contributed by atoms with Gasteiger partial charge in [0.15, 0.2) is 12.4 Å². The van der Waals surface area contributed by atoms with Gasteiger partial charge in [-0.1, -0.05) is 38.1 Å². The van der Waals surface area contributed by atoms with Crippen LogP contribution in [-0.4, -0.2) is 45.7 Å². The van der Waals surface area contributed by atoms with Gasteiger partial charge in [-0.25, -0.2) is 4.79 Å². The fourth-order valence-electron chi connectivity index (χ4n) is 2.44. The van der Waals surface area contributed by atoms with Crippen molar-refractivity contribution in [3.63, 3.8) is 0 Å². The molecule has 8 heteroatoms. The lowest BCUT2D eigenvalue weighted by Crippen LogP contribution is -2.26. The highest BCUT2D eigenvalue weighted by Gasteiger charge is 2.21. The van der Waals surface area contributed by atoms with E-state index in [1.807, 2.05) is 32.9 Å². The van der Waals surface area contributed by atoms with E-state index in [1.54, 1.807) is 24.1 Å². The summed E-state index contributed by atoms with van der Waals surface area (Å²) in [5.74, 6) is 0.708. The van der Waals surface area contributed by atoms with E-state index in [0.717, 1.165) is 5.56 Å². The van der Waals surface area contributed by atoms with Crippen LogP contribution in [0, 0.1) is 0 Å². The molecule has 1 aromatic carbocycles. The molecule has 0 aliphatic heterocycles. The minimum Gasteiger partial charge on any atom is -0.482 e. The summed E-state index contributed by atoms with van der Waals surface area (Å²) in [6.07, 6.45) is 1.60. The quantitative estimate of drug-likeness (QED) is 0.703. The number of nitrogens with zero attached hydrogens (tertiary/aromatic N) is 3. The molecule has 1 aromatic heterocycles. The van der Waals surface area contributed by atoms with Crippen molar-refractivity contribution >= 4 is 11.9 Å². The Bertz CT molecular complexity index is 793. The van der Waals surface area contributed by atoms with Crippen LogP contribution < -0.4 is 4.74 Å². The van der Waals surface area contributed by atoms with E-state index < -0.39 is 5.97 Å². The van der Waals surface area contributed by atoms with Crippen LogP contribution in [-0.2, 0) is 28.0 Å². The fraction of sp³-hybridized carbons (Fsp3) is 0.500. The molecule has 0 aliphatic carbocycles. The Morgan fingerprint density at radius 3 is 2.46 bits per heavy atom. The normalized spacial score (nSPS) is 11.3. The molecule has 0 bridgehead atoms. The van der Waals surface area contributed by atoms with Crippen molar-refractivity contribution in [2.75, 3.05) is 13.7 Å². The van der Waals surface area contributed by atoms with E-state index in [2.05, 4.69) is 10.1 Å². The number of benzene rings is 1. The summed E-state index contributed by atoms with van der Waals surface area (Å²) in [6, 6.07) is 7.01. The lowest BCUT2D eigenvalue weighted by molar-refractivity contribution is -0.139. The van der Waals surface area contributed by atoms with Crippen molar-refractivity contribution in [3.8, 4) is 5.75 Å². The SMILES string of the molecule is CN(Cc1ccc(OCC(=O)O)cc1)C(=O)CCCc1nc(C(C)(C)C)no1. The van der Waals surface area contributed by atoms with Gasteiger partial charge in [-0.05, 0) is 24.1 Å². The number of aromatic nitrogens is 2. The standard InChI is InChI=1S/C20H27N3O5/c1-20(2,3)19-21-16(28-22-19)6-5-7-17(24)23(4)12-14-8-10-15(11-9-14)27-13-18(25)26/h8-11H,5-7,12-13H2,1-4H3,(H,25,26). The average Bonchev–Trinajstić information content (AvgIpc) is 3.10. The number of carbonyl (C=O) groups excluding carboxylic acids is 1. The van der Waals surface area contributed by atoms with Gasteiger partial charge in [0.25, 0.3) is 0 Å². The van der Waals surface area contributed by atoms with Crippen molar-refractivity contribution in [3.05, 3.63) is 41.5 Å². The van der Waals surface area contributed by atoms with Crippen LogP contribution in [0.15, 0.2) is 28.8 Å². The number of aryl methyl sites for hydroxylation is 1. The van der Waals surface area contributed by atoms with Gasteiger partial charge in [-0.3, -0.25) is 4.79 Å². The predicted octanol–water partition coefficient (Wildman–Crippen LogP) is 2.81. The van der Waals surface area contributed by atoms with E-state index >= 15 is 0 Å². The molecule has 2 aromatic rings. The number of carbonyl (C=O) groups is 2. The third kappa shape index (κ3) is 6.68. The molecule has 2 rings (SSSR count). The topological polar surface area (TPSA) is 106 Å². The summed E-state index contributed by atoms with van der Waals surface area (Å²) in [5, 5.41) is 12.6. The fourth-order valence-corrected chi connectivity index (χ4v) is 2.44. The third-order valence-corrected chi connectivity index (χ3v) is 4.05. The maximum Gasteiger partial charge on any atom is 0.341 e. The molecule has 0 radical (unpaired) electrons. The predicted molar refractivity (Wildman–Crippen MR) is 102 cm³/mol. The average molecular weight is 389 g/mol. The van der Waals surface area contributed by atoms with Crippen LogP contribution in [0.2, 0.25) is 0 Å². The Kier molecular flexibility index (Phi) is 7.14. The Balaban J connectivity index is 1.76. The zero-order chi connectivity index (χ0) is 20.7. The molecule has 0 saturated heterocycles. The lowest BCUT2D eigenvalue weighted by Gasteiger charge is -2.17. The van der Waals surface area contributed by atoms with Gasteiger partial charge in [0.1, 0.15) is 5.75 Å². The van der Waals surface area contributed by atoms with Crippen LogP contribution in [0.1, 0.15) is 50.9 Å². The molecule has 1 amide bonds. The molecular weight excluding hydrogens is 362 g/mol. The Labute approximate surface area is 164 Å². The van der Waals surface area contributed by atoms with Crippen molar-refractivity contribution < 1.29 is 24.0 Å². The number of rotatable bonds is 9. The van der Waals surface area contributed by atoms with Crippen LogP contribution in [0.5, 0.6) is 5.75 Å². The monoisotopic (exact) mass is 389 g/mol. The first-order valence-corrected chi connectivity index (χ1v) is 9.15. The molecule has 0 saturated carbocycles.